The Bertz CT molecular complexity index is 784. The molecule has 2 heterocycles. The average molecular weight is 334 g/mol. The summed E-state index contributed by atoms with van der Waals surface area (Å²) in [4.78, 5) is 16.4. The molecule has 0 bridgehead atoms. The number of carbonyl (C=O) groups excluding carboxylic acids is 1. The van der Waals surface area contributed by atoms with Crippen LogP contribution in [0.1, 0.15) is 19.2 Å². The Balaban J connectivity index is 1.59. The number of carbonyl (C=O) groups is 1. The molecule has 2 N–H and O–H groups in total. The first-order valence-electron chi connectivity index (χ1n) is 6.81. The number of aromatic amines is 1. The van der Waals surface area contributed by atoms with Crippen molar-refractivity contribution in [2.75, 3.05) is 11.1 Å². The first kappa shape index (κ1) is 14.9. The van der Waals surface area contributed by atoms with E-state index >= 15 is 0 Å². The SMILES string of the molecule is CCCc1nc(SCC(=O)Nc2cccc3nsnc23)n[nH]1. The second-order valence-electron chi connectivity index (χ2n) is 4.59. The van der Waals surface area contributed by atoms with Gasteiger partial charge in [0, 0.05) is 6.42 Å². The third-order valence-corrected chi connectivity index (χ3v) is 4.28. The van der Waals surface area contributed by atoms with Crippen molar-refractivity contribution in [2.24, 2.45) is 0 Å². The van der Waals surface area contributed by atoms with E-state index in [1.807, 2.05) is 18.2 Å². The normalized spacial score (nSPS) is 11.0. The number of H-pyrrole nitrogens is 1. The standard InChI is InChI=1S/C13H14N6OS2/c1-2-4-10-15-13(17-16-10)21-7-11(20)14-8-5-3-6-9-12(8)19-22-18-9/h3,5-6H,2,4,7H2,1H3,(H,14,20)(H,15,16,17). The molecule has 22 heavy (non-hydrogen) atoms. The van der Waals surface area contributed by atoms with Gasteiger partial charge in [-0.15, -0.1) is 5.10 Å². The highest BCUT2D eigenvalue weighted by molar-refractivity contribution is 7.99. The molecule has 9 heteroatoms. The van der Waals surface area contributed by atoms with E-state index < -0.39 is 0 Å². The predicted octanol–water partition coefficient (Wildman–Crippen LogP) is 2.49. The van der Waals surface area contributed by atoms with Crippen molar-refractivity contribution in [1.82, 2.24) is 23.9 Å². The summed E-state index contributed by atoms with van der Waals surface area (Å²) >= 11 is 2.43. The van der Waals surface area contributed by atoms with Crippen LogP contribution < -0.4 is 5.32 Å². The van der Waals surface area contributed by atoms with Gasteiger partial charge in [-0.05, 0) is 18.6 Å². The second kappa shape index (κ2) is 6.84. The zero-order valence-corrected chi connectivity index (χ0v) is 13.5. The first-order chi connectivity index (χ1) is 10.8. The van der Waals surface area contributed by atoms with E-state index in [1.165, 1.54) is 11.8 Å². The highest BCUT2D eigenvalue weighted by Crippen LogP contribution is 2.21. The fourth-order valence-corrected chi connectivity index (χ4v) is 3.08. The molecule has 0 saturated carbocycles. The second-order valence-corrected chi connectivity index (χ2v) is 6.06. The number of aryl methyl sites for hydroxylation is 1. The molecule has 0 radical (unpaired) electrons. The van der Waals surface area contributed by atoms with Gasteiger partial charge in [0.2, 0.25) is 11.1 Å². The Morgan fingerprint density at radius 1 is 1.41 bits per heavy atom. The molecule has 0 aliphatic rings. The van der Waals surface area contributed by atoms with Crippen molar-refractivity contribution in [3.63, 3.8) is 0 Å². The highest BCUT2D eigenvalue weighted by atomic mass is 32.2. The Morgan fingerprint density at radius 3 is 3.18 bits per heavy atom. The number of rotatable bonds is 6. The molecule has 3 aromatic rings. The number of nitrogens with zero attached hydrogens (tertiary/aromatic N) is 4. The van der Waals surface area contributed by atoms with E-state index in [0.717, 1.165) is 35.9 Å². The van der Waals surface area contributed by atoms with Crippen LogP contribution in [-0.4, -0.2) is 35.6 Å². The van der Waals surface area contributed by atoms with Gasteiger partial charge in [-0.25, -0.2) is 4.98 Å². The van der Waals surface area contributed by atoms with Crippen molar-refractivity contribution < 1.29 is 4.79 Å². The Kier molecular flexibility index (Phi) is 4.64. The summed E-state index contributed by atoms with van der Waals surface area (Å²) in [6, 6.07) is 5.53. The van der Waals surface area contributed by atoms with Gasteiger partial charge in [0.05, 0.1) is 23.2 Å². The van der Waals surface area contributed by atoms with Crippen molar-refractivity contribution in [3.8, 4) is 0 Å². The van der Waals surface area contributed by atoms with Gasteiger partial charge in [-0.1, -0.05) is 24.8 Å². The fourth-order valence-electron chi connectivity index (χ4n) is 1.91. The van der Waals surface area contributed by atoms with Gasteiger partial charge in [-0.3, -0.25) is 9.89 Å². The van der Waals surface area contributed by atoms with E-state index in [4.69, 9.17) is 0 Å². The molecular formula is C13H14N6OS2. The Morgan fingerprint density at radius 2 is 2.32 bits per heavy atom. The van der Waals surface area contributed by atoms with Crippen LogP contribution in [-0.2, 0) is 11.2 Å². The summed E-state index contributed by atoms with van der Waals surface area (Å²) in [5, 5.41) is 10.4. The van der Waals surface area contributed by atoms with E-state index in [9.17, 15) is 4.79 Å². The van der Waals surface area contributed by atoms with Crippen LogP contribution in [0.5, 0.6) is 0 Å². The van der Waals surface area contributed by atoms with Crippen molar-refractivity contribution in [1.29, 1.82) is 0 Å². The maximum Gasteiger partial charge on any atom is 0.234 e. The summed E-state index contributed by atoms with van der Waals surface area (Å²) in [6.07, 6.45) is 1.87. The van der Waals surface area contributed by atoms with E-state index in [-0.39, 0.29) is 11.7 Å². The largest absolute Gasteiger partial charge is 0.323 e. The molecule has 0 aliphatic carbocycles. The van der Waals surface area contributed by atoms with Gasteiger partial charge < -0.3 is 5.32 Å². The monoisotopic (exact) mass is 334 g/mol. The van der Waals surface area contributed by atoms with Crippen molar-refractivity contribution in [2.45, 2.75) is 24.9 Å². The first-order valence-corrected chi connectivity index (χ1v) is 8.53. The van der Waals surface area contributed by atoms with Crippen LogP contribution in [0, 0.1) is 0 Å². The zero-order valence-electron chi connectivity index (χ0n) is 11.9. The van der Waals surface area contributed by atoms with E-state index in [0.29, 0.717) is 16.4 Å². The minimum absolute atomic E-state index is 0.118. The average Bonchev–Trinajstić information content (AvgIpc) is 3.15. The number of hydrogen-bond donors (Lipinski definition) is 2. The smallest absolute Gasteiger partial charge is 0.234 e. The third-order valence-electron chi connectivity index (χ3n) is 2.89. The molecule has 0 fully saturated rings. The van der Waals surface area contributed by atoms with Crippen LogP contribution in [0.2, 0.25) is 0 Å². The molecule has 7 nitrogen and oxygen atoms in total. The van der Waals surface area contributed by atoms with Gasteiger partial charge in [0.1, 0.15) is 16.9 Å². The molecule has 114 valence electrons. The molecule has 1 aromatic carbocycles. The minimum Gasteiger partial charge on any atom is -0.323 e. The summed E-state index contributed by atoms with van der Waals surface area (Å²) in [7, 11) is 0. The quantitative estimate of drug-likeness (QED) is 0.672. The van der Waals surface area contributed by atoms with Crippen LogP contribution in [0.15, 0.2) is 23.4 Å². The molecule has 0 unspecified atom stereocenters. The van der Waals surface area contributed by atoms with Gasteiger partial charge in [0.25, 0.3) is 0 Å². The molecule has 1 amide bonds. The van der Waals surface area contributed by atoms with Gasteiger partial charge in [0.15, 0.2) is 0 Å². The number of hydrogen-bond acceptors (Lipinski definition) is 7. The summed E-state index contributed by atoms with van der Waals surface area (Å²) in [6.45, 7) is 2.08. The van der Waals surface area contributed by atoms with E-state index in [1.54, 1.807) is 0 Å². The van der Waals surface area contributed by atoms with Crippen LogP contribution in [0.4, 0.5) is 5.69 Å². The summed E-state index contributed by atoms with van der Waals surface area (Å²) < 4.78 is 8.34. The summed E-state index contributed by atoms with van der Waals surface area (Å²) in [5.74, 6) is 0.980. The third kappa shape index (κ3) is 3.42. The van der Waals surface area contributed by atoms with Gasteiger partial charge >= 0.3 is 0 Å². The lowest BCUT2D eigenvalue weighted by atomic mass is 10.2. The number of nitrogens with one attached hydrogen (secondary N) is 2. The number of amides is 1. The van der Waals surface area contributed by atoms with Crippen LogP contribution in [0.25, 0.3) is 11.0 Å². The molecule has 2 aromatic heterocycles. The molecule has 0 saturated heterocycles. The van der Waals surface area contributed by atoms with Gasteiger partial charge in [-0.2, -0.15) is 8.75 Å². The van der Waals surface area contributed by atoms with E-state index in [2.05, 4.69) is 36.2 Å². The molecule has 3 rings (SSSR count). The lowest BCUT2D eigenvalue weighted by Gasteiger charge is -2.04. The lowest BCUT2D eigenvalue weighted by Crippen LogP contribution is -2.14. The predicted molar refractivity (Wildman–Crippen MR) is 87.1 cm³/mol. The topological polar surface area (TPSA) is 96.5 Å². The van der Waals surface area contributed by atoms with Crippen molar-refractivity contribution in [3.05, 3.63) is 24.0 Å². The number of thioether (sulfide) groups is 1. The number of benzene rings is 1. The Labute approximate surface area is 135 Å². The number of fused-ring (bicyclic) bond motifs is 1. The minimum atomic E-state index is -0.118. The maximum absolute atomic E-state index is 12.0. The molecule has 0 spiro atoms. The zero-order chi connectivity index (χ0) is 15.4. The number of anilines is 1. The van der Waals surface area contributed by atoms with Crippen molar-refractivity contribution >= 4 is 46.1 Å². The fraction of sp³-hybridized carbons (Fsp3) is 0.308. The van der Waals surface area contributed by atoms with Crippen LogP contribution in [0.3, 0.4) is 0 Å². The molecule has 0 atom stereocenters. The maximum atomic E-state index is 12.0. The highest BCUT2D eigenvalue weighted by Gasteiger charge is 2.10. The Hall–Kier alpha value is -2.00. The molecular weight excluding hydrogens is 320 g/mol. The lowest BCUT2D eigenvalue weighted by molar-refractivity contribution is -0.113. The number of aromatic nitrogens is 5. The molecule has 0 aliphatic heterocycles. The van der Waals surface area contributed by atoms with Crippen LogP contribution >= 0.6 is 23.5 Å². The summed E-state index contributed by atoms with van der Waals surface area (Å²) in [5.41, 5.74) is 2.18.